The Morgan fingerprint density at radius 3 is 2.63 bits per heavy atom. The molecule has 6 nitrogen and oxygen atoms in total. The van der Waals surface area contributed by atoms with Gasteiger partial charge in [-0.3, -0.25) is 9.69 Å². The molecular formula is C24H36N4O2. The van der Waals surface area contributed by atoms with Gasteiger partial charge in [-0.15, -0.1) is 0 Å². The predicted molar refractivity (Wildman–Crippen MR) is 119 cm³/mol. The number of ether oxygens (including phenoxy) is 1. The summed E-state index contributed by atoms with van der Waals surface area (Å²) >= 11 is 0. The number of rotatable bonds is 7. The lowest BCUT2D eigenvalue weighted by Gasteiger charge is -2.37. The molecule has 0 radical (unpaired) electrons. The number of nitrogens with one attached hydrogen (secondary N) is 1. The number of methoxy groups -OCH3 is 1. The van der Waals surface area contributed by atoms with Gasteiger partial charge in [-0.05, 0) is 43.7 Å². The van der Waals surface area contributed by atoms with Gasteiger partial charge in [-0.25, -0.2) is 4.98 Å². The number of benzene rings is 1. The van der Waals surface area contributed by atoms with Gasteiger partial charge in [0.1, 0.15) is 11.6 Å². The van der Waals surface area contributed by atoms with E-state index >= 15 is 0 Å². The van der Waals surface area contributed by atoms with Crippen LogP contribution in [0.3, 0.4) is 0 Å². The van der Waals surface area contributed by atoms with Crippen molar-refractivity contribution in [3.8, 4) is 5.75 Å². The molecule has 1 amide bonds. The average molecular weight is 413 g/mol. The van der Waals surface area contributed by atoms with E-state index in [1.807, 2.05) is 18.2 Å². The van der Waals surface area contributed by atoms with Crippen LogP contribution < -0.4 is 4.74 Å². The summed E-state index contributed by atoms with van der Waals surface area (Å²) in [6, 6.07) is 5.91. The monoisotopic (exact) mass is 412 g/mol. The van der Waals surface area contributed by atoms with Crippen molar-refractivity contribution in [3.63, 3.8) is 0 Å². The Labute approximate surface area is 180 Å². The van der Waals surface area contributed by atoms with Gasteiger partial charge in [0, 0.05) is 38.2 Å². The van der Waals surface area contributed by atoms with Gasteiger partial charge >= 0.3 is 0 Å². The summed E-state index contributed by atoms with van der Waals surface area (Å²) in [5, 5.41) is 0. The van der Waals surface area contributed by atoms with Crippen molar-refractivity contribution in [2.75, 3.05) is 33.3 Å². The van der Waals surface area contributed by atoms with E-state index in [2.05, 4.69) is 21.7 Å². The zero-order valence-electron chi connectivity index (χ0n) is 18.5. The molecule has 0 atom stereocenters. The summed E-state index contributed by atoms with van der Waals surface area (Å²) in [6.45, 7) is 6.56. The molecule has 0 spiro atoms. The second-order valence-electron chi connectivity index (χ2n) is 9.03. The molecule has 1 saturated carbocycles. The minimum absolute atomic E-state index is 0.264. The lowest BCUT2D eigenvalue weighted by atomic mass is 9.79. The number of hydrogen-bond donors (Lipinski definition) is 1. The summed E-state index contributed by atoms with van der Waals surface area (Å²) in [5.41, 5.74) is 1.97. The lowest BCUT2D eigenvalue weighted by Crippen LogP contribution is -2.50. The quantitative estimate of drug-likeness (QED) is 0.740. The summed E-state index contributed by atoms with van der Waals surface area (Å²) in [6.07, 6.45) is 8.65. The molecular weight excluding hydrogens is 376 g/mol. The number of amides is 1. The van der Waals surface area contributed by atoms with Crippen molar-refractivity contribution in [3.05, 3.63) is 24.0 Å². The molecule has 1 aromatic heterocycles. The number of imidazole rings is 1. The number of aromatic nitrogens is 2. The molecule has 1 aliphatic carbocycles. The summed E-state index contributed by atoms with van der Waals surface area (Å²) in [7, 11) is 1.68. The van der Waals surface area contributed by atoms with E-state index < -0.39 is 0 Å². The molecule has 0 unspecified atom stereocenters. The zero-order chi connectivity index (χ0) is 20.9. The van der Waals surface area contributed by atoms with E-state index in [-0.39, 0.29) is 5.92 Å². The Hall–Kier alpha value is -2.08. The molecule has 0 bridgehead atoms. The standard InChI is InChI=1S/C24H36N4O2/c1-3-4-5-18-6-8-19(9-7-18)24(29)28-14-12-27(13-15-28)17-23-25-21-11-10-20(30-2)16-22(21)26-23/h10-11,16,18-19H,3-9,12-15,17H2,1-2H3,(H,25,26). The van der Waals surface area contributed by atoms with E-state index in [0.717, 1.165) is 74.1 Å². The van der Waals surface area contributed by atoms with Crippen LogP contribution in [-0.4, -0.2) is 59.0 Å². The van der Waals surface area contributed by atoms with Gasteiger partial charge in [0.05, 0.1) is 24.7 Å². The fraction of sp³-hybridized carbons (Fsp3) is 0.667. The summed E-state index contributed by atoms with van der Waals surface area (Å²) in [4.78, 5) is 25.6. The topological polar surface area (TPSA) is 61.5 Å². The molecule has 1 N–H and O–H groups in total. The fourth-order valence-corrected chi connectivity index (χ4v) is 5.03. The number of nitrogens with zero attached hydrogens (tertiary/aromatic N) is 3. The highest BCUT2D eigenvalue weighted by atomic mass is 16.5. The largest absolute Gasteiger partial charge is 0.497 e. The first-order chi connectivity index (χ1) is 14.7. The molecule has 1 saturated heterocycles. The number of carbonyl (C=O) groups excluding carboxylic acids is 1. The number of piperazine rings is 1. The molecule has 2 fully saturated rings. The van der Waals surface area contributed by atoms with Gasteiger partial charge in [0.2, 0.25) is 5.91 Å². The lowest BCUT2D eigenvalue weighted by molar-refractivity contribution is -0.138. The van der Waals surface area contributed by atoms with E-state index in [1.54, 1.807) is 7.11 Å². The van der Waals surface area contributed by atoms with E-state index in [9.17, 15) is 4.79 Å². The van der Waals surface area contributed by atoms with Gasteiger partial charge in [0.25, 0.3) is 0 Å². The van der Waals surface area contributed by atoms with Crippen LogP contribution in [0.25, 0.3) is 11.0 Å². The molecule has 1 aromatic carbocycles. The zero-order valence-corrected chi connectivity index (χ0v) is 18.5. The van der Waals surface area contributed by atoms with Crippen LogP contribution in [0.5, 0.6) is 5.75 Å². The number of aromatic amines is 1. The van der Waals surface area contributed by atoms with Crippen LogP contribution in [-0.2, 0) is 11.3 Å². The van der Waals surface area contributed by atoms with Gasteiger partial charge < -0.3 is 14.6 Å². The van der Waals surface area contributed by atoms with Crippen LogP contribution in [0.4, 0.5) is 0 Å². The van der Waals surface area contributed by atoms with E-state index in [4.69, 9.17) is 9.72 Å². The van der Waals surface area contributed by atoms with E-state index in [0.29, 0.717) is 5.91 Å². The molecule has 4 rings (SSSR count). The number of fused-ring (bicyclic) bond motifs is 1. The summed E-state index contributed by atoms with van der Waals surface area (Å²) < 4.78 is 5.29. The van der Waals surface area contributed by atoms with Crippen molar-refractivity contribution in [1.29, 1.82) is 0 Å². The van der Waals surface area contributed by atoms with Crippen molar-refractivity contribution in [2.24, 2.45) is 11.8 Å². The highest BCUT2D eigenvalue weighted by molar-refractivity contribution is 5.79. The first-order valence-electron chi connectivity index (χ1n) is 11.7. The average Bonchev–Trinajstić information content (AvgIpc) is 3.19. The molecule has 30 heavy (non-hydrogen) atoms. The van der Waals surface area contributed by atoms with Crippen molar-refractivity contribution < 1.29 is 9.53 Å². The minimum atomic E-state index is 0.264. The van der Waals surface area contributed by atoms with Crippen molar-refractivity contribution in [2.45, 2.75) is 58.4 Å². The van der Waals surface area contributed by atoms with Crippen LogP contribution in [0.2, 0.25) is 0 Å². The Bertz CT molecular complexity index is 833. The molecule has 2 heterocycles. The Morgan fingerprint density at radius 2 is 1.93 bits per heavy atom. The first kappa shape index (κ1) is 21.2. The van der Waals surface area contributed by atoms with E-state index in [1.165, 1.54) is 32.1 Å². The SMILES string of the molecule is CCCCC1CCC(C(=O)N2CCN(Cc3nc4ccc(OC)cc4[nH]3)CC2)CC1. The van der Waals surface area contributed by atoms with Crippen molar-refractivity contribution in [1.82, 2.24) is 19.8 Å². The van der Waals surface area contributed by atoms with Crippen molar-refractivity contribution >= 4 is 16.9 Å². The van der Waals surface area contributed by atoms with Crippen LogP contribution in [0.1, 0.15) is 57.7 Å². The van der Waals surface area contributed by atoms with Crippen LogP contribution >= 0.6 is 0 Å². The number of H-pyrrole nitrogens is 1. The number of hydrogen-bond acceptors (Lipinski definition) is 4. The maximum atomic E-state index is 13.0. The Balaban J connectivity index is 1.24. The molecule has 2 aliphatic rings. The normalized spacial score (nSPS) is 23.1. The number of unbranched alkanes of at least 4 members (excludes halogenated alkanes) is 1. The maximum Gasteiger partial charge on any atom is 0.225 e. The third-order valence-corrected chi connectivity index (χ3v) is 6.96. The molecule has 2 aromatic rings. The highest BCUT2D eigenvalue weighted by Crippen LogP contribution is 2.33. The molecule has 164 valence electrons. The second kappa shape index (κ2) is 9.82. The summed E-state index contributed by atoms with van der Waals surface area (Å²) in [5.74, 6) is 3.33. The Morgan fingerprint density at radius 1 is 1.17 bits per heavy atom. The number of carbonyl (C=O) groups is 1. The maximum absolute atomic E-state index is 13.0. The van der Waals surface area contributed by atoms with Gasteiger partial charge in [-0.2, -0.15) is 0 Å². The predicted octanol–water partition coefficient (Wildman–Crippen LogP) is 4.21. The Kier molecular flexibility index (Phi) is 6.93. The third kappa shape index (κ3) is 4.97. The molecule has 6 heteroatoms. The van der Waals surface area contributed by atoms with Crippen LogP contribution in [0, 0.1) is 11.8 Å². The third-order valence-electron chi connectivity index (χ3n) is 6.96. The second-order valence-corrected chi connectivity index (χ2v) is 9.03. The first-order valence-corrected chi connectivity index (χ1v) is 11.7. The van der Waals surface area contributed by atoms with Crippen LogP contribution in [0.15, 0.2) is 18.2 Å². The van der Waals surface area contributed by atoms with Gasteiger partial charge in [0.15, 0.2) is 0 Å². The van der Waals surface area contributed by atoms with Gasteiger partial charge in [-0.1, -0.05) is 26.2 Å². The fourth-order valence-electron chi connectivity index (χ4n) is 5.03. The highest BCUT2D eigenvalue weighted by Gasteiger charge is 2.31. The molecule has 1 aliphatic heterocycles. The smallest absolute Gasteiger partial charge is 0.225 e. The minimum Gasteiger partial charge on any atom is -0.497 e.